The number of fused-ring (bicyclic) bond motifs is 1. The molecule has 94 valence electrons. The Labute approximate surface area is 115 Å². The van der Waals surface area contributed by atoms with Crippen LogP contribution in [-0.2, 0) is 0 Å². The van der Waals surface area contributed by atoms with Crippen LogP contribution in [0.2, 0.25) is 0 Å². The highest BCUT2D eigenvalue weighted by Gasteiger charge is 2.31. The Morgan fingerprint density at radius 1 is 1.39 bits per heavy atom. The molecule has 1 N–H and O–H groups in total. The quantitative estimate of drug-likeness (QED) is 0.880. The number of aromatic nitrogens is 1. The molecule has 1 atom stereocenters. The van der Waals surface area contributed by atoms with Crippen molar-refractivity contribution in [3.05, 3.63) is 34.9 Å². The highest BCUT2D eigenvalue weighted by molar-refractivity contribution is 9.10. The van der Waals surface area contributed by atoms with Crippen molar-refractivity contribution >= 4 is 32.5 Å². The lowest BCUT2D eigenvalue weighted by Gasteiger charge is -2.22. The van der Waals surface area contributed by atoms with E-state index in [-0.39, 0.29) is 0 Å². The number of pyridine rings is 1. The highest BCUT2D eigenvalue weighted by Crippen LogP contribution is 2.32. The van der Waals surface area contributed by atoms with Gasteiger partial charge in [-0.15, -0.1) is 0 Å². The first-order valence-corrected chi connectivity index (χ1v) is 6.86. The molecule has 2 heterocycles. The Bertz CT molecular complexity index is 597. The average Bonchev–Trinajstić information content (AvgIpc) is 2.69. The number of aliphatic hydroxyl groups is 1. The summed E-state index contributed by atoms with van der Waals surface area (Å²) in [5.41, 5.74) is 1.56. The monoisotopic (exact) mass is 306 g/mol. The van der Waals surface area contributed by atoms with Gasteiger partial charge in [-0.25, -0.2) is 0 Å². The molecule has 2 aromatic rings. The minimum absolute atomic E-state index is 0.582. The Kier molecular flexibility index (Phi) is 2.79. The van der Waals surface area contributed by atoms with E-state index in [4.69, 9.17) is 0 Å². The molecule has 0 bridgehead atoms. The maximum Gasteiger partial charge on any atom is 0.0810 e. The topological polar surface area (TPSA) is 36.4 Å². The molecular formula is C14H15BrN2O. The van der Waals surface area contributed by atoms with E-state index in [1.165, 1.54) is 0 Å². The van der Waals surface area contributed by atoms with Crippen LogP contribution in [0.25, 0.3) is 10.9 Å². The van der Waals surface area contributed by atoms with Crippen LogP contribution in [0.3, 0.4) is 0 Å². The predicted molar refractivity (Wildman–Crippen MR) is 76.9 cm³/mol. The minimum atomic E-state index is -0.582. The molecular weight excluding hydrogens is 292 g/mol. The molecule has 1 fully saturated rings. The molecule has 1 saturated heterocycles. The number of nitrogens with zero attached hydrogens (tertiary/aromatic N) is 2. The molecule has 0 aliphatic carbocycles. The Morgan fingerprint density at radius 2 is 2.22 bits per heavy atom. The number of anilines is 1. The third kappa shape index (κ3) is 2.10. The van der Waals surface area contributed by atoms with Crippen LogP contribution >= 0.6 is 15.9 Å². The number of benzene rings is 1. The summed E-state index contributed by atoms with van der Waals surface area (Å²) in [4.78, 5) is 6.61. The maximum atomic E-state index is 10.1. The van der Waals surface area contributed by atoms with Gasteiger partial charge in [-0.3, -0.25) is 4.98 Å². The number of hydrogen-bond acceptors (Lipinski definition) is 3. The molecule has 0 saturated carbocycles. The van der Waals surface area contributed by atoms with E-state index in [2.05, 4.69) is 31.9 Å². The van der Waals surface area contributed by atoms with Crippen molar-refractivity contribution < 1.29 is 5.11 Å². The van der Waals surface area contributed by atoms with Gasteiger partial charge in [0.05, 0.1) is 11.1 Å². The van der Waals surface area contributed by atoms with Gasteiger partial charge < -0.3 is 10.0 Å². The smallest absolute Gasteiger partial charge is 0.0810 e. The fourth-order valence-corrected chi connectivity index (χ4v) is 2.89. The van der Waals surface area contributed by atoms with Crippen LogP contribution in [0.5, 0.6) is 0 Å². The van der Waals surface area contributed by atoms with Gasteiger partial charge in [-0.05, 0) is 37.6 Å². The van der Waals surface area contributed by atoms with E-state index in [0.29, 0.717) is 6.54 Å². The van der Waals surface area contributed by atoms with E-state index in [1.54, 1.807) is 0 Å². The summed E-state index contributed by atoms with van der Waals surface area (Å²) in [5.74, 6) is 0. The van der Waals surface area contributed by atoms with Crippen LogP contribution < -0.4 is 4.90 Å². The Balaban J connectivity index is 2.09. The highest BCUT2D eigenvalue weighted by atomic mass is 79.9. The fraction of sp³-hybridized carbons (Fsp3) is 0.357. The molecule has 0 radical (unpaired) electrons. The number of rotatable bonds is 1. The zero-order valence-electron chi connectivity index (χ0n) is 10.2. The molecule has 1 aromatic carbocycles. The van der Waals surface area contributed by atoms with Gasteiger partial charge in [0.25, 0.3) is 0 Å². The molecule has 1 aliphatic heterocycles. The zero-order valence-corrected chi connectivity index (χ0v) is 11.8. The van der Waals surface area contributed by atoms with Crippen molar-refractivity contribution in [1.82, 2.24) is 4.98 Å². The van der Waals surface area contributed by atoms with Crippen LogP contribution in [0.15, 0.2) is 34.9 Å². The largest absolute Gasteiger partial charge is 0.388 e. The SMILES string of the molecule is CC1(O)CCN(c2ccnc3ccc(Br)cc23)C1. The molecule has 3 nitrogen and oxygen atoms in total. The lowest BCUT2D eigenvalue weighted by molar-refractivity contribution is 0.0839. The van der Waals surface area contributed by atoms with Gasteiger partial charge in [0.1, 0.15) is 0 Å². The summed E-state index contributed by atoms with van der Waals surface area (Å²) >= 11 is 3.50. The predicted octanol–water partition coefficient (Wildman–Crippen LogP) is 2.96. The lowest BCUT2D eigenvalue weighted by atomic mass is 10.1. The first-order chi connectivity index (χ1) is 8.55. The lowest BCUT2D eigenvalue weighted by Crippen LogP contribution is -2.29. The van der Waals surface area contributed by atoms with E-state index in [0.717, 1.165) is 34.0 Å². The number of hydrogen-bond donors (Lipinski definition) is 1. The third-order valence-corrected chi connectivity index (χ3v) is 3.97. The molecule has 18 heavy (non-hydrogen) atoms. The third-order valence-electron chi connectivity index (χ3n) is 3.47. The van der Waals surface area contributed by atoms with Crippen LogP contribution in [0.1, 0.15) is 13.3 Å². The van der Waals surface area contributed by atoms with Crippen LogP contribution in [0.4, 0.5) is 5.69 Å². The van der Waals surface area contributed by atoms with Gasteiger partial charge in [0, 0.05) is 34.8 Å². The zero-order chi connectivity index (χ0) is 12.8. The van der Waals surface area contributed by atoms with Crippen LogP contribution in [-0.4, -0.2) is 28.8 Å². The van der Waals surface area contributed by atoms with Crippen molar-refractivity contribution in [1.29, 1.82) is 0 Å². The van der Waals surface area contributed by atoms with Crippen molar-refractivity contribution in [2.24, 2.45) is 0 Å². The van der Waals surface area contributed by atoms with E-state index < -0.39 is 5.60 Å². The van der Waals surface area contributed by atoms with E-state index >= 15 is 0 Å². The molecule has 3 rings (SSSR count). The summed E-state index contributed by atoms with van der Waals surface area (Å²) in [6.07, 6.45) is 2.64. The van der Waals surface area contributed by atoms with Gasteiger partial charge in [-0.2, -0.15) is 0 Å². The normalized spacial score (nSPS) is 23.8. The van der Waals surface area contributed by atoms with Crippen molar-refractivity contribution in [2.45, 2.75) is 18.9 Å². The summed E-state index contributed by atoms with van der Waals surface area (Å²) < 4.78 is 1.05. The van der Waals surface area contributed by atoms with Crippen molar-refractivity contribution in [3.8, 4) is 0 Å². The van der Waals surface area contributed by atoms with Gasteiger partial charge in [0.2, 0.25) is 0 Å². The first-order valence-electron chi connectivity index (χ1n) is 6.07. The Hall–Kier alpha value is -1.13. The Morgan fingerprint density at radius 3 is 2.94 bits per heavy atom. The van der Waals surface area contributed by atoms with Gasteiger partial charge in [-0.1, -0.05) is 15.9 Å². The van der Waals surface area contributed by atoms with Gasteiger partial charge >= 0.3 is 0 Å². The summed E-state index contributed by atoms with van der Waals surface area (Å²) in [6.45, 7) is 3.46. The average molecular weight is 307 g/mol. The molecule has 1 unspecified atom stereocenters. The van der Waals surface area contributed by atoms with Gasteiger partial charge in [0.15, 0.2) is 0 Å². The molecule has 1 aromatic heterocycles. The van der Waals surface area contributed by atoms with E-state index in [9.17, 15) is 5.11 Å². The minimum Gasteiger partial charge on any atom is -0.388 e. The van der Waals surface area contributed by atoms with Crippen molar-refractivity contribution in [2.75, 3.05) is 18.0 Å². The standard InChI is InChI=1S/C14H15BrN2O/c1-14(18)5-7-17(9-14)13-4-6-16-12-3-2-10(15)8-11(12)13/h2-4,6,8,18H,5,7,9H2,1H3. The summed E-state index contributed by atoms with van der Waals surface area (Å²) in [6, 6.07) is 8.12. The van der Waals surface area contributed by atoms with E-state index in [1.807, 2.05) is 31.3 Å². The first kappa shape index (κ1) is 11.9. The second-order valence-electron chi connectivity index (χ2n) is 5.16. The second kappa shape index (κ2) is 4.21. The molecule has 0 spiro atoms. The molecule has 0 amide bonds. The number of β-amino-alcohol motifs (C(OH)–C–C–N with tert-alkyl or cyclic N) is 1. The summed E-state index contributed by atoms with van der Waals surface area (Å²) in [5, 5.41) is 11.2. The maximum absolute atomic E-state index is 10.1. The molecule has 4 heteroatoms. The van der Waals surface area contributed by atoms with Crippen molar-refractivity contribution in [3.63, 3.8) is 0 Å². The number of halogens is 1. The van der Waals surface area contributed by atoms with Crippen LogP contribution in [0, 0.1) is 0 Å². The molecule has 1 aliphatic rings. The second-order valence-corrected chi connectivity index (χ2v) is 6.08. The summed E-state index contributed by atoms with van der Waals surface area (Å²) in [7, 11) is 0. The fourth-order valence-electron chi connectivity index (χ4n) is 2.53.